The average molecular weight is 297 g/mol. The number of carbonyl (C=O) groups is 1. The number of nitrogens with zero attached hydrogens (tertiary/aromatic N) is 1. The van der Waals surface area contributed by atoms with Crippen LogP contribution in [-0.2, 0) is 15.8 Å². The zero-order valence-electron chi connectivity index (χ0n) is 11.7. The third-order valence-corrected chi connectivity index (χ3v) is 5.38. The van der Waals surface area contributed by atoms with Gasteiger partial charge in [-0.25, -0.2) is 17.5 Å². The molecule has 20 heavy (non-hydrogen) atoms. The van der Waals surface area contributed by atoms with E-state index in [4.69, 9.17) is 5.11 Å². The van der Waals surface area contributed by atoms with E-state index in [0.29, 0.717) is 18.7 Å². The van der Waals surface area contributed by atoms with Crippen molar-refractivity contribution in [3.63, 3.8) is 0 Å². The van der Waals surface area contributed by atoms with Gasteiger partial charge >= 0.3 is 5.97 Å². The highest BCUT2D eigenvalue weighted by atomic mass is 32.2. The topological polar surface area (TPSA) is 74.7 Å². The standard InChI is InChI=1S/C14H19NO4S/c1-14(2)7-8-15(10-14)20(18,19)9-11-3-5-12(6-4-11)13(16)17/h3-6H,7-10H2,1-2H3,(H,16,17). The molecule has 2 rings (SSSR count). The lowest BCUT2D eigenvalue weighted by Crippen LogP contribution is -2.31. The van der Waals surface area contributed by atoms with Gasteiger partial charge in [-0.15, -0.1) is 0 Å². The highest BCUT2D eigenvalue weighted by Gasteiger charge is 2.35. The smallest absolute Gasteiger partial charge is 0.335 e. The largest absolute Gasteiger partial charge is 0.478 e. The van der Waals surface area contributed by atoms with Gasteiger partial charge in [0, 0.05) is 13.1 Å². The zero-order valence-corrected chi connectivity index (χ0v) is 12.5. The van der Waals surface area contributed by atoms with Crippen molar-refractivity contribution >= 4 is 16.0 Å². The molecule has 1 aromatic carbocycles. The molecule has 1 aliphatic heterocycles. The average Bonchev–Trinajstić information content (AvgIpc) is 2.70. The Morgan fingerprint density at radius 3 is 2.35 bits per heavy atom. The van der Waals surface area contributed by atoms with Gasteiger partial charge < -0.3 is 5.11 Å². The normalized spacial score (nSPS) is 19.1. The molecule has 6 heteroatoms. The van der Waals surface area contributed by atoms with Crippen molar-refractivity contribution in [2.45, 2.75) is 26.0 Å². The summed E-state index contributed by atoms with van der Waals surface area (Å²) in [4.78, 5) is 10.8. The van der Waals surface area contributed by atoms with Crippen molar-refractivity contribution in [1.82, 2.24) is 4.31 Å². The third kappa shape index (κ3) is 3.37. The molecule has 1 heterocycles. The van der Waals surface area contributed by atoms with Crippen LogP contribution in [0.15, 0.2) is 24.3 Å². The first-order valence-corrected chi connectivity index (χ1v) is 8.11. The Balaban J connectivity index is 2.11. The van der Waals surface area contributed by atoms with E-state index >= 15 is 0 Å². The van der Waals surface area contributed by atoms with Crippen molar-refractivity contribution in [3.05, 3.63) is 35.4 Å². The van der Waals surface area contributed by atoms with E-state index in [2.05, 4.69) is 13.8 Å². The first kappa shape index (κ1) is 15.0. The van der Waals surface area contributed by atoms with E-state index < -0.39 is 16.0 Å². The summed E-state index contributed by atoms with van der Waals surface area (Å²) in [5.41, 5.74) is 0.799. The summed E-state index contributed by atoms with van der Waals surface area (Å²) in [5, 5.41) is 8.81. The van der Waals surface area contributed by atoms with Crippen LogP contribution in [-0.4, -0.2) is 36.9 Å². The predicted molar refractivity (Wildman–Crippen MR) is 76.0 cm³/mol. The highest BCUT2D eigenvalue weighted by molar-refractivity contribution is 7.88. The molecule has 0 bridgehead atoms. The van der Waals surface area contributed by atoms with E-state index in [0.717, 1.165) is 6.42 Å². The van der Waals surface area contributed by atoms with E-state index in [1.165, 1.54) is 16.4 Å². The molecular weight excluding hydrogens is 278 g/mol. The molecule has 0 atom stereocenters. The summed E-state index contributed by atoms with van der Waals surface area (Å²) < 4.78 is 26.2. The summed E-state index contributed by atoms with van der Waals surface area (Å²) in [7, 11) is -3.33. The molecule has 1 aromatic rings. The van der Waals surface area contributed by atoms with Crippen LogP contribution < -0.4 is 0 Å². The molecular formula is C14H19NO4S. The number of sulfonamides is 1. The minimum absolute atomic E-state index is 0.0280. The van der Waals surface area contributed by atoms with Crippen LogP contribution in [0.4, 0.5) is 0 Å². The van der Waals surface area contributed by atoms with Crippen LogP contribution in [0.25, 0.3) is 0 Å². The van der Waals surface area contributed by atoms with Crippen molar-refractivity contribution in [2.75, 3.05) is 13.1 Å². The van der Waals surface area contributed by atoms with Crippen LogP contribution in [0.5, 0.6) is 0 Å². The molecule has 0 aliphatic carbocycles. The molecule has 1 fully saturated rings. The zero-order chi connectivity index (χ0) is 15.0. The summed E-state index contributed by atoms with van der Waals surface area (Å²) in [5.74, 6) is -1.09. The summed E-state index contributed by atoms with van der Waals surface area (Å²) in [6.45, 7) is 5.22. The fourth-order valence-corrected chi connectivity index (χ4v) is 4.06. The number of hydrogen-bond donors (Lipinski definition) is 1. The van der Waals surface area contributed by atoms with Crippen LogP contribution in [0.1, 0.15) is 36.2 Å². The molecule has 110 valence electrons. The number of rotatable bonds is 4. The Morgan fingerprint density at radius 1 is 1.30 bits per heavy atom. The second-order valence-corrected chi connectivity index (χ2v) is 7.97. The Bertz CT molecular complexity index is 605. The predicted octanol–water partition coefficient (Wildman–Crippen LogP) is 1.95. The Hall–Kier alpha value is -1.40. The molecule has 1 saturated heterocycles. The van der Waals surface area contributed by atoms with Crippen LogP contribution >= 0.6 is 0 Å². The van der Waals surface area contributed by atoms with Crippen molar-refractivity contribution in [2.24, 2.45) is 5.41 Å². The summed E-state index contributed by atoms with van der Waals surface area (Å²) >= 11 is 0. The molecule has 0 radical (unpaired) electrons. The number of benzene rings is 1. The fourth-order valence-electron chi connectivity index (χ4n) is 2.35. The minimum atomic E-state index is -3.33. The monoisotopic (exact) mass is 297 g/mol. The van der Waals surface area contributed by atoms with Crippen LogP contribution in [0, 0.1) is 5.41 Å². The van der Waals surface area contributed by atoms with E-state index in [1.54, 1.807) is 12.1 Å². The van der Waals surface area contributed by atoms with Gasteiger partial charge in [0.1, 0.15) is 0 Å². The van der Waals surface area contributed by atoms with E-state index in [-0.39, 0.29) is 16.7 Å². The molecule has 0 aromatic heterocycles. The van der Waals surface area contributed by atoms with Gasteiger partial charge in [-0.2, -0.15) is 0 Å². The van der Waals surface area contributed by atoms with Crippen LogP contribution in [0.2, 0.25) is 0 Å². The van der Waals surface area contributed by atoms with Crippen molar-refractivity contribution in [3.8, 4) is 0 Å². The number of carboxylic acid groups (broad SMARTS) is 1. The van der Waals surface area contributed by atoms with Gasteiger partial charge in [0.2, 0.25) is 10.0 Å². The van der Waals surface area contributed by atoms with Gasteiger partial charge in [0.25, 0.3) is 0 Å². The fraction of sp³-hybridized carbons (Fsp3) is 0.500. The minimum Gasteiger partial charge on any atom is -0.478 e. The highest BCUT2D eigenvalue weighted by Crippen LogP contribution is 2.31. The lowest BCUT2D eigenvalue weighted by atomic mass is 9.93. The SMILES string of the molecule is CC1(C)CCN(S(=O)(=O)Cc2ccc(C(=O)O)cc2)C1. The molecule has 0 amide bonds. The second kappa shape index (κ2) is 5.18. The van der Waals surface area contributed by atoms with Gasteiger partial charge in [0.15, 0.2) is 0 Å². The number of hydrogen-bond acceptors (Lipinski definition) is 3. The Kier molecular flexibility index (Phi) is 3.88. The quantitative estimate of drug-likeness (QED) is 0.921. The first-order chi connectivity index (χ1) is 9.20. The van der Waals surface area contributed by atoms with Crippen molar-refractivity contribution < 1.29 is 18.3 Å². The van der Waals surface area contributed by atoms with Gasteiger partial charge in [-0.05, 0) is 29.5 Å². The second-order valence-electron chi connectivity index (χ2n) is 6.01. The molecule has 1 aliphatic rings. The lowest BCUT2D eigenvalue weighted by molar-refractivity contribution is 0.0697. The Labute approximate surface area is 119 Å². The maximum atomic E-state index is 12.3. The summed E-state index contributed by atoms with van der Waals surface area (Å²) in [6, 6.07) is 5.98. The van der Waals surface area contributed by atoms with Gasteiger partial charge in [-0.3, -0.25) is 0 Å². The maximum absolute atomic E-state index is 12.3. The van der Waals surface area contributed by atoms with Gasteiger partial charge in [0.05, 0.1) is 11.3 Å². The van der Waals surface area contributed by atoms with Crippen LogP contribution in [0.3, 0.4) is 0 Å². The number of aromatic carboxylic acids is 1. The third-order valence-electron chi connectivity index (χ3n) is 3.59. The van der Waals surface area contributed by atoms with Gasteiger partial charge in [-0.1, -0.05) is 26.0 Å². The lowest BCUT2D eigenvalue weighted by Gasteiger charge is -2.19. The molecule has 0 unspecified atom stereocenters. The first-order valence-electron chi connectivity index (χ1n) is 6.50. The van der Waals surface area contributed by atoms with E-state index in [9.17, 15) is 13.2 Å². The summed E-state index contributed by atoms with van der Waals surface area (Å²) in [6.07, 6.45) is 0.865. The van der Waals surface area contributed by atoms with Crippen molar-refractivity contribution in [1.29, 1.82) is 0 Å². The molecule has 5 nitrogen and oxygen atoms in total. The molecule has 0 saturated carbocycles. The number of carboxylic acids is 1. The Morgan fingerprint density at radius 2 is 1.90 bits per heavy atom. The van der Waals surface area contributed by atoms with E-state index in [1.807, 2.05) is 0 Å². The molecule has 1 N–H and O–H groups in total. The maximum Gasteiger partial charge on any atom is 0.335 e. The molecule has 0 spiro atoms.